The summed E-state index contributed by atoms with van der Waals surface area (Å²) in [6.07, 6.45) is 0. The number of thiocarbonyl (C=S) groups is 1. The average molecular weight is 302 g/mol. The largest absolute Gasteiger partial charge is 0.497 e. The van der Waals surface area contributed by atoms with Gasteiger partial charge in [-0.05, 0) is 17.7 Å². The second-order valence-electron chi connectivity index (χ2n) is 4.34. The van der Waals surface area contributed by atoms with Crippen LogP contribution in [-0.4, -0.2) is 17.0 Å². The normalized spacial score (nSPS) is 9.95. The zero-order chi connectivity index (χ0) is 15.2. The van der Waals surface area contributed by atoms with Crippen molar-refractivity contribution >= 4 is 22.9 Å². The second kappa shape index (κ2) is 6.81. The minimum atomic E-state index is -0.435. The Labute approximate surface area is 127 Å². The highest BCUT2D eigenvalue weighted by molar-refractivity contribution is 7.80. The van der Waals surface area contributed by atoms with E-state index in [2.05, 4.69) is 5.32 Å². The molecule has 0 amide bonds. The van der Waals surface area contributed by atoms with Crippen molar-refractivity contribution in [2.45, 2.75) is 6.54 Å². The van der Waals surface area contributed by atoms with Crippen LogP contribution in [-0.2, 0) is 6.54 Å². The summed E-state index contributed by atoms with van der Waals surface area (Å²) in [5, 5.41) is 13.8. The maximum atomic E-state index is 10.7. The molecule has 0 fully saturated rings. The molecular weight excluding hydrogens is 288 g/mol. The number of hydrogen-bond donors (Lipinski definition) is 1. The van der Waals surface area contributed by atoms with Crippen molar-refractivity contribution in [1.82, 2.24) is 5.32 Å². The van der Waals surface area contributed by atoms with E-state index in [1.54, 1.807) is 19.2 Å². The predicted molar refractivity (Wildman–Crippen MR) is 84.6 cm³/mol. The lowest BCUT2D eigenvalue weighted by molar-refractivity contribution is -0.384. The molecule has 0 aromatic heterocycles. The summed E-state index contributed by atoms with van der Waals surface area (Å²) in [6.45, 7) is 0.547. The molecule has 0 saturated carbocycles. The van der Waals surface area contributed by atoms with Gasteiger partial charge in [0.1, 0.15) is 10.7 Å². The molecule has 2 aromatic rings. The monoisotopic (exact) mass is 302 g/mol. The highest BCUT2D eigenvalue weighted by atomic mass is 32.1. The third kappa shape index (κ3) is 4.00. The van der Waals surface area contributed by atoms with Gasteiger partial charge in [-0.3, -0.25) is 10.1 Å². The highest BCUT2D eigenvalue weighted by Crippen LogP contribution is 2.14. The summed E-state index contributed by atoms with van der Waals surface area (Å²) in [7, 11) is 1.62. The van der Waals surface area contributed by atoms with Crippen LogP contribution in [0.2, 0.25) is 0 Å². The Bertz CT molecular complexity index is 656. The number of nitro benzene ring substituents is 1. The molecule has 0 heterocycles. The minimum Gasteiger partial charge on any atom is -0.497 e. The highest BCUT2D eigenvalue weighted by Gasteiger charge is 2.08. The molecule has 1 N–H and O–H groups in total. The number of ether oxygens (including phenoxy) is 1. The number of nitro groups is 1. The Morgan fingerprint density at radius 2 is 2.00 bits per heavy atom. The van der Waals surface area contributed by atoms with Gasteiger partial charge in [-0.25, -0.2) is 0 Å². The van der Waals surface area contributed by atoms with E-state index in [0.717, 1.165) is 11.3 Å². The maximum absolute atomic E-state index is 10.7. The van der Waals surface area contributed by atoms with Crippen molar-refractivity contribution in [3.05, 3.63) is 69.8 Å². The minimum absolute atomic E-state index is 0.0288. The molecule has 6 heteroatoms. The zero-order valence-electron chi connectivity index (χ0n) is 11.4. The van der Waals surface area contributed by atoms with Crippen LogP contribution in [0.4, 0.5) is 5.69 Å². The molecule has 0 spiro atoms. The molecule has 0 atom stereocenters. The van der Waals surface area contributed by atoms with E-state index in [4.69, 9.17) is 17.0 Å². The fraction of sp³-hybridized carbons (Fsp3) is 0.133. The number of non-ortho nitro benzene ring substituents is 1. The Kier molecular flexibility index (Phi) is 4.84. The number of benzene rings is 2. The molecule has 108 valence electrons. The van der Waals surface area contributed by atoms with Crippen LogP contribution in [0.25, 0.3) is 0 Å². The van der Waals surface area contributed by atoms with Crippen molar-refractivity contribution in [3.63, 3.8) is 0 Å². The first kappa shape index (κ1) is 14.9. The van der Waals surface area contributed by atoms with Gasteiger partial charge in [-0.1, -0.05) is 36.5 Å². The van der Waals surface area contributed by atoms with Gasteiger partial charge in [0.2, 0.25) is 0 Å². The van der Waals surface area contributed by atoms with Crippen LogP contribution >= 0.6 is 12.2 Å². The average Bonchev–Trinajstić information content (AvgIpc) is 2.53. The number of nitrogens with zero attached hydrogens (tertiary/aromatic N) is 1. The fourth-order valence-corrected chi connectivity index (χ4v) is 1.99. The van der Waals surface area contributed by atoms with Crippen molar-refractivity contribution in [2.75, 3.05) is 7.11 Å². The predicted octanol–water partition coefficient (Wildman–Crippen LogP) is 3.07. The van der Waals surface area contributed by atoms with Crippen LogP contribution in [0.5, 0.6) is 5.75 Å². The van der Waals surface area contributed by atoms with Crippen molar-refractivity contribution in [2.24, 2.45) is 0 Å². The number of methoxy groups -OCH3 is 1. The van der Waals surface area contributed by atoms with E-state index in [9.17, 15) is 10.1 Å². The number of rotatable bonds is 5. The molecule has 2 rings (SSSR count). The summed E-state index contributed by atoms with van der Waals surface area (Å²) in [4.78, 5) is 10.8. The van der Waals surface area contributed by atoms with Gasteiger partial charge in [-0.15, -0.1) is 0 Å². The lowest BCUT2D eigenvalue weighted by atomic mass is 10.2. The van der Waals surface area contributed by atoms with Gasteiger partial charge in [-0.2, -0.15) is 0 Å². The van der Waals surface area contributed by atoms with Gasteiger partial charge < -0.3 is 10.1 Å². The lowest BCUT2D eigenvalue weighted by Gasteiger charge is -2.08. The zero-order valence-corrected chi connectivity index (χ0v) is 12.2. The summed E-state index contributed by atoms with van der Waals surface area (Å²) < 4.78 is 5.09. The van der Waals surface area contributed by atoms with Crippen LogP contribution in [0.1, 0.15) is 11.1 Å². The molecule has 0 saturated heterocycles. The molecule has 0 bridgehead atoms. The third-order valence-corrected chi connectivity index (χ3v) is 3.31. The van der Waals surface area contributed by atoms with Crippen molar-refractivity contribution in [3.8, 4) is 5.75 Å². The molecular formula is C15H14N2O3S. The third-order valence-electron chi connectivity index (χ3n) is 2.93. The van der Waals surface area contributed by atoms with Crippen LogP contribution < -0.4 is 10.1 Å². The Morgan fingerprint density at radius 1 is 1.29 bits per heavy atom. The van der Waals surface area contributed by atoms with E-state index in [1.807, 2.05) is 24.3 Å². The summed E-state index contributed by atoms with van der Waals surface area (Å²) in [5.74, 6) is 0.792. The number of nitrogens with one attached hydrogen (secondary N) is 1. The van der Waals surface area contributed by atoms with Crippen molar-refractivity contribution < 1.29 is 9.66 Å². The van der Waals surface area contributed by atoms with Crippen molar-refractivity contribution in [1.29, 1.82) is 0 Å². The van der Waals surface area contributed by atoms with Gasteiger partial charge in [0.25, 0.3) is 5.69 Å². The number of hydrogen-bond acceptors (Lipinski definition) is 4. The van der Waals surface area contributed by atoms with Gasteiger partial charge in [0, 0.05) is 24.2 Å². The van der Waals surface area contributed by atoms with E-state index in [1.165, 1.54) is 12.1 Å². The van der Waals surface area contributed by atoms with E-state index in [0.29, 0.717) is 17.1 Å². The summed E-state index contributed by atoms with van der Waals surface area (Å²) in [5.41, 5.74) is 1.71. The summed E-state index contributed by atoms with van der Waals surface area (Å²) in [6, 6.07) is 13.9. The molecule has 21 heavy (non-hydrogen) atoms. The molecule has 0 aliphatic heterocycles. The van der Waals surface area contributed by atoms with Gasteiger partial charge in [0.15, 0.2) is 0 Å². The maximum Gasteiger partial charge on any atom is 0.270 e. The molecule has 2 aromatic carbocycles. The van der Waals surface area contributed by atoms with E-state index < -0.39 is 4.92 Å². The van der Waals surface area contributed by atoms with Gasteiger partial charge in [0.05, 0.1) is 12.0 Å². The van der Waals surface area contributed by atoms with Crippen LogP contribution in [0.15, 0.2) is 48.5 Å². The molecule has 0 aliphatic rings. The molecule has 0 aliphatic carbocycles. The molecule has 0 radical (unpaired) electrons. The van der Waals surface area contributed by atoms with Crippen LogP contribution in [0.3, 0.4) is 0 Å². The molecule has 0 unspecified atom stereocenters. The Hall–Kier alpha value is -2.47. The first-order valence-electron chi connectivity index (χ1n) is 6.26. The standard InChI is InChI=1S/C15H14N2O3S/c1-20-14-7-5-11(6-8-14)10-16-15(21)12-3-2-4-13(9-12)17(18)19/h2-9H,10H2,1H3,(H,16,21). The Morgan fingerprint density at radius 3 is 2.62 bits per heavy atom. The van der Waals surface area contributed by atoms with E-state index >= 15 is 0 Å². The van der Waals surface area contributed by atoms with E-state index in [-0.39, 0.29) is 5.69 Å². The smallest absolute Gasteiger partial charge is 0.270 e. The van der Waals surface area contributed by atoms with Gasteiger partial charge >= 0.3 is 0 Å². The molecule has 5 nitrogen and oxygen atoms in total. The quantitative estimate of drug-likeness (QED) is 0.522. The first-order valence-corrected chi connectivity index (χ1v) is 6.66. The lowest BCUT2D eigenvalue weighted by Crippen LogP contribution is -2.21. The SMILES string of the molecule is COc1ccc(CNC(=S)c2cccc([N+](=O)[O-])c2)cc1. The summed E-state index contributed by atoms with van der Waals surface area (Å²) >= 11 is 5.26. The second-order valence-corrected chi connectivity index (χ2v) is 4.75. The Balaban J connectivity index is 2.00. The first-order chi connectivity index (χ1) is 10.1. The fourth-order valence-electron chi connectivity index (χ4n) is 1.79. The topological polar surface area (TPSA) is 64.4 Å². The van der Waals surface area contributed by atoms with Crippen LogP contribution in [0, 0.1) is 10.1 Å².